The molecule has 2 aromatic carbocycles. The lowest BCUT2D eigenvalue weighted by molar-refractivity contribution is 0.250. The second-order valence-electron chi connectivity index (χ2n) is 8.53. The van der Waals surface area contributed by atoms with Crippen LogP contribution in [0, 0.1) is 6.92 Å². The number of nitrogens with one attached hydrogen (secondary N) is 2. The number of carbonyl (C=O) groups is 1. The van der Waals surface area contributed by atoms with Crippen molar-refractivity contribution >= 4 is 17.4 Å². The topological polar surface area (TPSA) is 53.6 Å². The van der Waals surface area contributed by atoms with Crippen LogP contribution in [0.2, 0.25) is 0 Å². The molecule has 2 rings (SSSR count). The fraction of sp³-hybridized carbons (Fsp3) is 0.480. The molecular weight excluding hydrogens is 374 g/mol. The number of anilines is 2. The van der Waals surface area contributed by atoms with Gasteiger partial charge >= 0.3 is 6.03 Å². The monoisotopic (exact) mass is 411 g/mol. The van der Waals surface area contributed by atoms with Crippen molar-refractivity contribution in [2.24, 2.45) is 0 Å². The van der Waals surface area contributed by atoms with Crippen LogP contribution in [0.15, 0.2) is 42.5 Å². The maximum Gasteiger partial charge on any atom is 0.319 e. The molecule has 0 saturated heterocycles. The van der Waals surface area contributed by atoms with Crippen LogP contribution in [-0.4, -0.2) is 32.3 Å². The minimum Gasteiger partial charge on any atom is -0.494 e. The van der Waals surface area contributed by atoms with E-state index in [1.54, 1.807) is 0 Å². The molecule has 5 nitrogen and oxygen atoms in total. The SMILES string of the molecule is CCN(CC)c1ccc(NC(=O)NCCCOc2ccc(C(C)(C)C)cc2)c(C)c1. The summed E-state index contributed by atoms with van der Waals surface area (Å²) in [5.41, 5.74) is 4.49. The smallest absolute Gasteiger partial charge is 0.319 e. The van der Waals surface area contributed by atoms with Crippen molar-refractivity contribution in [2.45, 2.75) is 53.4 Å². The molecule has 0 aliphatic heterocycles. The minimum absolute atomic E-state index is 0.139. The summed E-state index contributed by atoms with van der Waals surface area (Å²) in [7, 11) is 0. The molecule has 0 fully saturated rings. The maximum absolute atomic E-state index is 12.2. The van der Waals surface area contributed by atoms with Gasteiger partial charge in [-0.15, -0.1) is 0 Å². The molecule has 0 aromatic heterocycles. The van der Waals surface area contributed by atoms with E-state index in [4.69, 9.17) is 4.74 Å². The van der Waals surface area contributed by atoms with Crippen molar-refractivity contribution in [2.75, 3.05) is 36.5 Å². The highest BCUT2D eigenvalue weighted by molar-refractivity contribution is 5.90. The normalized spacial score (nSPS) is 11.1. The lowest BCUT2D eigenvalue weighted by Gasteiger charge is -2.22. The van der Waals surface area contributed by atoms with Crippen molar-refractivity contribution in [1.29, 1.82) is 0 Å². The number of urea groups is 1. The lowest BCUT2D eigenvalue weighted by atomic mass is 9.87. The predicted octanol–water partition coefficient (Wildman–Crippen LogP) is 5.73. The first kappa shape index (κ1) is 23.6. The third-order valence-electron chi connectivity index (χ3n) is 5.18. The van der Waals surface area contributed by atoms with Gasteiger partial charge in [-0.25, -0.2) is 4.79 Å². The Bertz CT molecular complexity index is 806. The summed E-state index contributed by atoms with van der Waals surface area (Å²) in [5, 5.41) is 5.82. The second kappa shape index (κ2) is 10.9. The van der Waals surface area contributed by atoms with E-state index in [2.05, 4.69) is 68.4 Å². The molecule has 0 saturated carbocycles. The first-order chi connectivity index (χ1) is 14.2. The molecule has 0 aliphatic carbocycles. The number of benzene rings is 2. The molecular formula is C25H37N3O2. The number of hydrogen-bond acceptors (Lipinski definition) is 3. The van der Waals surface area contributed by atoms with Crippen molar-refractivity contribution in [3.63, 3.8) is 0 Å². The highest BCUT2D eigenvalue weighted by Crippen LogP contribution is 2.24. The molecule has 0 heterocycles. The molecule has 2 aromatic rings. The summed E-state index contributed by atoms with van der Waals surface area (Å²) in [6.07, 6.45) is 0.744. The molecule has 2 N–H and O–H groups in total. The van der Waals surface area contributed by atoms with Crippen LogP contribution < -0.4 is 20.3 Å². The number of amides is 2. The van der Waals surface area contributed by atoms with E-state index in [-0.39, 0.29) is 11.4 Å². The Morgan fingerprint density at radius 3 is 2.27 bits per heavy atom. The van der Waals surface area contributed by atoms with Gasteiger partial charge in [-0.05, 0) is 74.1 Å². The van der Waals surface area contributed by atoms with Gasteiger partial charge in [0.1, 0.15) is 5.75 Å². The molecule has 5 heteroatoms. The summed E-state index contributed by atoms with van der Waals surface area (Å²) in [4.78, 5) is 14.5. The quantitative estimate of drug-likeness (QED) is 0.518. The number of rotatable bonds is 9. The van der Waals surface area contributed by atoms with E-state index in [9.17, 15) is 4.79 Å². The molecule has 30 heavy (non-hydrogen) atoms. The van der Waals surface area contributed by atoms with Crippen molar-refractivity contribution < 1.29 is 9.53 Å². The van der Waals surface area contributed by atoms with Crippen LogP contribution >= 0.6 is 0 Å². The van der Waals surface area contributed by atoms with Crippen molar-refractivity contribution in [1.82, 2.24) is 5.32 Å². The first-order valence-corrected chi connectivity index (χ1v) is 10.9. The number of ether oxygens (including phenoxy) is 1. The average Bonchev–Trinajstić information content (AvgIpc) is 2.70. The standard InChI is InChI=1S/C25H37N3O2/c1-7-28(8-2)21-12-15-23(19(3)18-21)27-24(29)26-16-9-17-30-22-13-10-20(11-14-22)25(4,5)6/h10-15,18H,7-9,16-17H2,1-6H3,(H2,26,27,29). The van der Waals surface area contributed by atoms with Gasteiger partial charge in [-0.2, -0.15) is 0 Å². The van der Waals surface area contributed by atoms with Crippen LogP contribution in [0.1, 0.15) is 52.2 Å². The van der Waals surface area contributed by atoms with Crippen LogP contribution in [0.3, 0.4) is 0 Å². The summed E-state index contributed by atoms with van der Waals surface area (Å²) in [6.45, 7) is 15.9. The van der Waals surface area contributed by atoms with E-state index in [0.29, 0.717) is 13.2 Å². The van der Waals surface area contributed by atoms with Crippen molar-refractivity contribution in [3.05, 3.63) is 53.6 Å². The Morgan fingerprint density at radius 1 is 1.03 bits per heavy atom. The predicted molar refractivity (Wildman–Crippen MR) is 127 cm³/mol. The van der Waals surface area contributed by atoms with E-state index in [0.717, 1.165) is 36.5 Å². The molecule has 0 bridgehead atoms. The van der Waals surface area contributed by atoms with E-state index in [1.807, 2.05) is 31.2 Å². The number of hydrogen-bond donors (Lipinski definition) is 2. The number of carbonyl (C=O) groups excluding carboxylic acids is 1. The third kappa shape index (κ3) is 6.97. The van der Waals surface area contributed by atoms with E-state index >= 15 is 0 Å². The summed E-state index contributed by atoms with van der Waals surface area (Å²) < 4.78 is 5.77. The Kier molecular flexibility index (Phi) is 8.58. The van der Waals surface area contributed by atoms with Crippen LogP contribution in [0.25, 0.3) is 0 Å². The van der Waals surface area contributed by atoms with Gasteiger partial charge in [0.2, 0.25) is 0 Å². The Labute approximate surface area is 181 Å². The Balaban J connectivity index is 1.72. The van der Waals surface area contributed by atoms with Gasteiger partial charge in [-0.3, -0.25) is 0 Å². The van der Waals surface area contributed by atoms with E-state index in [1.165, 1.54) is 11.3 Å². The lowest BCUT2D eigenvalue weighted by Crippen LogP contribution is -2.30. The maximum atomic E-state index is 12.2. The van der Waals surface area contributed by atoms with Crippen molar-refractivity contribution in [3.8, 4) is 5.75 Å². The van der Waals surface area contributed by atoms with E-state index < -0.39 is 0 Å². The molecule has 2 amide bonds. The molecule has 0 atom stereocenters. The number of aryl methyl sites for hydroxylation is 1. The van der Waals surface area contributed by atoms with Gasteiger partial charge in [-0.1, -0.05) is 32.9 Å². The van der Waals surface area contributed by atoms with Gasteiger partial charge in [0, 0.05) is 31.0 Å². The molecule has 0 radical (unpaired) electrons. The zero-order valence-corrected chi connectivity index (χ0v) is 19.3. The molecule has 0 spiro atoms. The van der Waals surface area contributed by atoms with Crippen LogP contribution in [0.5, 0.6) is 5.75 Å². The Morgan fingerprint density at radius 2 is 1.70 bits per heavy atom. The summed E-state index contributed by atoms with van der Waals surface area (Å²) in [6, 6.07) is 14.2. The van der Waals surface area contributed by atoms with Gasteiger partial charge < -0.3 is 20.3 Å². The fourth-order valence-electron chi connectivity index (χ4n) is 3.26. The molecule has 164 valence electrons. The Hall–Kier alpha value is -2.69. The second-order valence-corrected chi connectivity index (χ2v) is 8.53. The largest absolute Gasteiger partial charge is 0.494 e. The zero-order chi connectivity index (χ0) is 22.1. The van der Waals surface area contributed by atoms with Crippen LogP contribution in [0.4, 0.5) is 16.2 Å². The summed E-state index contributed by atoms with van der Waals surface area (Å²) >= 11 is 0. The fourth-order valence-corrected chi connectivity index (χ4v) is 3.26. The summed E-state index contributed by atoms with van der Waals surface area (Å²) in [5.74, 6) is 0.858. The first-order valence-electron chi connectivity index (χ1n) is 10.9. The average molecular weight is 412 g/mol. The van der Waals surface area contributed by atoms with Crippen LogP contribution in [-0.2, 0) is 5.41 Å². The van der Waals surface area contributed by atoms with Gasteiger partial charge in [0.05, 0.1) is 6.61 Å². The van der Waals surface area contributed by atoms with Gasteiger partial charge in [0.15, 0.2) is 0 Å². The third-order valence-corrected chi connectivity index (χ3v) is 5.18. The highest BCUT2D eigenvalue weighted by atomic mass is 16.5. The molecule has 0 unspecified atom stereocenters. The van der Waals surface area contributed by atoms with Gasteiger partial charge in [0.25, 0.3) is 0 Å². The minimum atomic E-state index is -0.191. The molecule has 0 aliphatic rings. The number of nitrogens with zero attached hydrogens (tertiary/aromatic N) is 1. The zero-order valence-electron chi connectivity index (χ0n) is 19.3. The highest BCUT2D eigenvalue weighted by Gasteiger charge is 2.13.